The van der Waals surface area contributed by atoms with E-state index in [1.54, 1.807) is 14.0 Å². The fourth-order valence-electron chi connectivity index (χ4n) is 3.01. The third-order valence-electron chi connectivity index (χ3n) is 4.10. The molecule has 2 fully saturated rings. The molecule has 2 rings (SSSR count). The van der Waals surface area contributed by atoms with Gasteiger partial charge in [0, 0.05) is 39.2 Å². The van der Waals surface area contributed by atoms with Crippen LogP contribution in [0.15, 0.2) is 0 Å². The highest BCUT2D eigenvalue weighted by Crippen LogP contribution is 2.29. The second-order valence-electron chi connectivity index (χ2n) is 5.80. The van der Waals surface area contributed by atoms with Gasteiger partial charge in [-0.05, 0) is 32.2 Å². The summed E-state index contributed by atoms with van der Waals surface area (Å²) in [6.07, 6.45) is 4.14. The van der Waals surface area contributed by atoms with E-state index in [0.717, 1.165) is 38.8 Å². The van der Waals surface area contributed by atoms with Crippen molar-refractivity contribution < 1.29 is 14.6 Å². The largest absolute Gasteiger partial charge is 0.389 e. The van der Waals surface area contributed by atoms with Crippen molar-refractivity contribution in [3.8, 4) is 0 Å². The van der Waals surface area contributed by atoms with Crippen LogP contribution in [0.1, 0.15) is 32.6 Å². The van der Waals surface area contributed by atoms with Gasteiger partial charge in [-0.1, -0.05) is 0 Å². The minimum absolute atomic E-state index is 0.187. The number of nitrogens with zero attached hydrogens (tertiary/aromatic N) is 2. The van der Waals surface area contributed by atoms with Crippen LogP contribution in [-0.2, 0) is 9.53 Å². The third-order valence-corrected chi connectivity index (χ3v) is 4.10. The molecule has 0 spiro atoms. The molecule has 5 heteroatoms. The monoisotopic (exact) mass is 270 g/mol. The predicted octanol–water partition coefficient (Wildman–Crippen LogP) is 0.469. The van der Waals surface area contributed by atoms with Crippen LogP contribution in [0.4, 0.5) is 0 Å². The topological polar surface area (TPSA) is 53.0 Å². The van der Waals surface area contributed by atoms with Crippen molar-refractivity contribution in [2.75, 3.05) is 33.4 Å². The van der Waals surface area contributed by atoms with Crippen LogP contribution in [0, 0.1) is 0 Å². The van der Waals surface area contributed by atoms with Crippen LogP contribution >= 0.6 is 0 Å². The molecule has 110 valence electrons. The Morgan fingerprint density at radius 3 is 2.79 bits per heavy atom. The zero-order valence-corrected chi connectivity index (χ0v) is 12.0. The molecular formula is C14H26N2O3. The lowest BCUT2D eigenvalue weighted by molar-refractivity contribution is -0.130. The van der Waals surface area contributed by atoms with Gasteiger partial charge in [-0.25, -0.2) is 0 Å². The standard InChI is InChI=1S/C14H26N2O3/c1-11(17)16(12-5-6-12)8-13-4-3-7-15(13)9-14(18)10-19-2/h12-14,18H,3-10H2,1-2H3/t13-,14+/m1/s1. The average molecular weight is 270 g/mol. The first kappa shape index (κ1) is 14.8. The van der Waals surface area contributed by atoms with Crippen molar-refractivity contribution in [1.82, 2.24) is 9.80 Å². The van der Waals surface area contributed by atoms with Gasteiger partial charge < -0.3 is 14.7 Å². The molecule has 0 aromatic carbocycles. The molecule has 2 atom stereocenters. The van der Waals surface area contributed by atoms with E-state index in [9.17, 15) is 9.90 Å². The molecule has 1 amide bonds. The van der Waals surface area contributed by atoms with Crippen LogP contribution in [0.2, 0.25) is 0 Å². The van der Waals surface area contributed by atoms with Crippen LogP contribution in [-0.4, -0.2) is 72.4 Å². The lowest BCUT2D eigenvalue weighted by Gasteiger charge is -2.31. The SMILES string of the molecule is COC[C@@H](O)CN1CCC[C@@H]1CN(C(C)=O)C1CC1. The Morgan fingerprint density at radius 2 is 2.21 bits per heavy atom. The first-order valence-corrected chi connectivity index (χ1v) is 7.30. The van der Waals surface area contributed by atoms with Gasteiger partial charge in [0.05, 0.1) is 12.7 Å². The summed E-state index contributed by atoms with van der Waals surface area (Å²) in [6.45, 7) is 4.52. The molecule has 1 saturated carbocycles. The molecular weight excluding hydrogens is 244 g/mol. The van der Waals surface area contributed by atoms with Crippen molar-refractivity contribution >= 4 is 5.91 Å². The van der Waals surface area contributed by atoms with Crippen LogP contribution in [0.5, 0.6) is 0 Å². The molecule has 1 aliphatic heterocycles. The second kappa shape index (κ2) is 6.68. The number of likely N-dealkylation sites (tertiary alicyclic amines) is 1. The Hall–Kier alpha value is -0.650. The summed E-state index contributed by atoms with van der Waals surface area (Å²) < 4.78 is 4.98. The predicted molar refractivity (Wildman–Crippen MR) is 72.9 cm³/mol. The van der Waals surface area contributed by atoms with E-state index in [1.807, 2.05) is 4.90 Å². The number of amides is 1. The van der Waals surface area contributed by atoms with Crippen LogP contribution in [0.3, 0.4) is 0 Å². The molecule has 1 N–H and O–H groups in total. The zero-order valence-electron chi connectivity index (χ0n) is 12.0. The van der Waals surface area contributed by atoms with Crippen molar-refractivity contribution in [3.05, 3.63) is 0 Å². The Morgan fingerprint density at radius 1 is 1.47 bits per heavy atom. The van der Waals surface area contributed by atoms with Gasteiger partial charge in [-0.2, -0.15) is 0 Å². The Labute approximate surface area is 115 Å². The van der Waals surface area contributed by atoms with E-state index in [1.165, 1.54) is 0 Å². The van der Waals surface area contributed by atoms with E-state index in [0.29, 0.717) is 25.2 Å². The van der Waals surface area contributed by atoms with Gasteiger partial charge in [-0.15, -0.1) is 0 Å². The second-order valence-corrected chi connectivity index (χ2v) is 5.80. The molecule has 0 aromatic rings. The number of hydrogen-bond acceptors (Lipinski definition) is 4. The van der Waals surface area contributed by atoms with Crippen molar-refractivity contribution in [2.24, 2.45) is 0 Å². The first-order chi connectivity index (χ1) is 9.11. The summed E-state index contributed by atoms with van der Waals surface area (Å²) in [6, 6.07) is 0.875. The molecule has 19 heavy (non-hydrogen) atoms. The fraction of sp³-hybridized carbons (Fsp3) is 0.929. The summed E-state index contributed by atoms with van der Waals surface area (Å²) in [5.41, 5.74) is 0. The van der Waals surface area contributed by atoms with E-state index < -0.39 is 6.10 Å². The summed E-state index contributed by atoms with van der Waals surface area (Å²) in [4.78, 5) is 16.0. The maximum atomic E-state index is 11.7. The van der Waals surface area contributed by atoms with Crippen molar-refractivity contribution in [3.63, 3.8) is 0 Å². The quantitative estimate of drug-likeness (QED) is 0.730. The van der Waals surface area contributed by atoms with Gasteiger partial charge in [0.1, 0.15) is 0 Å². The number of rotatable bonds is 7. The molecule has 5 nitrogen and oxygen atoms in total. The van der Waals surface area contributed by atoms with Crippen molar-refractivity contribution in [2.45, 2.75) is 50.8 Å². The number of carbonyl (C=O) groups excluding carboxylic acids is 1. The third kappa shape index (κ3) is 4.16. The molecule has 0 aromatic heterocycles. The minimum atomic E-state index is -0.433. The number of aliphatic hydroxyl groups is 1. The minimum Gasteiger partial charge on any atom is -0.389 e. The molecule has 1 aliphatic carbocycles. The molecule has 0 unspecified atom stereocenters. The van der Waals surface area contributed by atoms with Gasteiger partial charge in [-0.3, -0.25) is 9.69 Å². The lowest BCUT2D eigenvalue weighted by atomic mass is 10.2. The van der Waals surface area contributed by atoms with Crippen LogP contribution < -0.4 is 0 Å². The number of β-amino-alcohol motifs (C(OH)–C–C–N with tert-alkyl or cyclic N) is 1. The van der Waals surface area contributed by atoms with E-state index in [-0.39, 0.29) is 5.91 Å². The van der Waals surface area contributed by atoms with E-state index in [2.05, 4.69) is 4.90 Å². The highest BCUT2D eigenvalue weighted by molar-refractivity contribution is 5.74. The van der Waals surface area contributed by atoms with Gasteiger partial charge in [0.25, 0.3) is 0 Å². The molecule has 0 radical (unpaired) electrons. The summed E-state index contributed by atoms with van der Waals surface area (Å²) in [5.74, 6) is 0.187. The highest BCUT2D eigenvalue weighted by Gasteiger charge is 2.35. The lowest BCUT2D eigenvalue weighted by Crippen LogP contribution is -2.46. The van der Waals surface area contributed by atoms with E-state index >= 15 is 0 Å². The Kier molecular flexibility index (Phi) is 5.19. The van der Waals surface area contributed by atoms with E-state index in [4.69, 9.17) is 4.74 Å². The number of methoxy groups -OCH3 is 1. The Balaban J connectivity index is 1.85. The Bertz CT molecular complexity index is 307. The summed E-state index contributed by atoms with van der Waals surface area (Å²) >= 11 is 0. The maximum absolute atomic E-state index is 11.7. The number of carbonyl (C=O) groups is 1. The molecule has 1 saturated heterocycles. The zero-order chi connectivity index (χ0) is 13.8. The van der Waals surface area contributed by atoms with Gasteiger partial charge in [0.2, 0.25) is 5.91 Å². The fourth-order valence-corrected chi connectivity index (χ4v) is 3.01. The van der Waals surface area contributed by atoms with Gasteiger partial charge >= 0.3 is 0 Å². The van der Waals surface area contributed by atoms with Crippen molar-refractivity contribution in [1.29, 1.82) is 0 Å². The van der Waals surface area contributed by atoms with Crippen LogP contribution in [0.25, 0.3) is 0 Å². The molecule has 1 heterocycles. The summed E-state index contributed by atoms with van der Waals surface area (Å²) in [5, 5.41) is 9.84. The number of hydrogen-bond donors (Lipinski definition) is 1. The first-order valence-electron chi connectivity index (χ1n) is 7.30. The molecule has 0 bridgehead atoms. The normalized spacial score (nSPS) is 25.5. The maximum Gasteiger partial charge on any atom is 0.219 e. The smallest absolute Gasteiger partial charge is 0.219 e. The average Bonchev–Trinajstić information content (AvgIpc) is 3.09. The molecule has 2 aliphatic rings. The summed E-state index contributed by atoms with van der Waals surface area (Å²) in [7, 11) is 1.61. The number of aliphatic hydroxyl groups excluding tert-OH is 1. The highest BCUT2D eigenvalue weighted by atomic mass is 16.5. The van der Waals surface area contributed by atoms with Gasteiger partial charge in [0.15, 0.2) is 0 Å². The number of ether oxygens (including phenoxy) is 1.